The van der Waals surface area contributed by atoms with E-state index in [0.717, 1.165) is 33.7 Å². The molecule has 61 heavy (non-hydrogen) atoms. The normalized spacial score (nSPS) is 13.1. The van der Waals surface area contributed by atoms with Crippen molar-refractivity contribution >= 4 is 115 Å². The minimum atomic E-state index is -0.101. The van der Waals surface area contributed by atoms with Crippen LogP contribution in [-0.2, 0) is 10.8 Å². The second kappa shape index (κ2) is 11.8. The lowest BCUT2D eigenvalue weighted by Gasteiger charge is -2.29. The molecular formula is C57H44N4. The number of rotatable bonds is 3. The van der Waals surface area contributed by atoms with Crippen LogP contribution in [0.4, 0.5) is 17.1 Å². The molecule has 0 unspecified atom stereocenters. The summed E-state index contributed by atoms with van der Waals surface area (Å²) < 4.78 is 5.03. The summed E-state index contributed by atoms with van der Waals surface area (Å²) in [4.78, 5) is 8.36. The Morgan fingerprint density at radius 3 is 1.61 bits per heavy atom. The third kappa shape index (κ3) is 4.62. The van der Waals surface area contributed by atoms with Gasteiger partial charge in [-0.1, -0.05) is 133 Å². The summed E-state index contributed by atoms with van der Waals surface area (Å²) in [5, 5.41) is 13.8. The van der Waals surface area contributed by atoms with Crippen molar-refractivity contribution in [2.75, 3.05) is 4.90 Å². The largest absolute Gasteiger partial charge is 0.308 e. The molecule has 0 spiro atoms. The third-order valence-electron chi connectivity index (χ3n) is 13.6. The first-order chi connectivity index (χ1) is 29.5. The molecule has 0 aliphatic rings. The lowest BCUT2D eigenvalue weighted by atomic mass is 9.85. The number of anilines is 3. The van der Waals surface area contributed by atoms with Gasteiger partial charge in [-0.15, -0.1) is 0 Å². The molecule has 5 heterocycles. The number of hydrogen-bond donors (Lipinski definition) is 0. The number of aromatic nitrogens is 3. The van der Waals surface area contributed by atoms with E-state index in [2.05, 4.69) is 213 Å². The minimum Gasteiger partial charge on any atom is -0.308 e. The Kier molecular flexibility index (Phi) is 6.69. The highest BCUT2D eigenvalue weighted by atomic mass is 15.2. The molecule has 4 nitrogen and oxygen atoms in total. The van der Waals surface area contributed by atoms with Gasteiger partial charge in [0.2, 0.25) is 0 Å². The highest BCUT2D eigenvalue weighted by molar-refractivity contribution is 6.35. The van der Waals surface area contributed by atoms with Crippen LogP contribution in [-0.4, -0.2) is 13.8 Å². The standard InChI is InChI=1S/C57H44N4/c1-56(2,3)35-25-26-46-43(29-35)49-39-23-15-14-18-34(39)28-45-51-47(60(46)54(45)49)32-42-41-27-33-17-13-16-24-40(33)50-44-30-36(57(4,5)6)31-48(52(44)61(53(41)50)55(42)58-51)59(37-19-9-7-10-20-37)38-21-11-8-12-22-38/h7-32H,1-6H3. The van der Waals surface area contributed by atoms with Crippen LogP contribution in [0.15, 0.2) is 158 Å². The van der Waals surface area contributed by atoms with Gasteiger partial charge in [-0.2, -0.15) is 0 Å². The highest BCUT2D eigenvalue weighted by Crippen LogP contribution is 2.51. The number of fused-ring (bicyclic) bond motifs is 16. The van der Waals surface area contributed by atoms with Crippen molar-refractivity contribution in [3.63, 3.8) is 0 Å². The second-order valence-corrected chi connectivity index (χ2v) is 19.3. The molecule has 0 aliphatic carbocycles. The van der Waals surface area contributed by atoms with Crippen molar-refractivity contribution in [2.45, 2.75) is 52.4 Å². The van der Waals surface area contributed by atoms with Gasteiger partial charge in [-0.05, 0) is 110 Å². The van der Waals surface area contributed by atoms with E-state index in [9.17, 15) is 0 Å². The Hall–Kier alpha value is -7.17. The van der Waals surface area contributed by atoms with E-state index >= 15 is 0 Å². The summed E-state index contributed by atoms with van der Waals surface area (Å²) in [6.07, 6.45) is 0. The number of pyridine rings is 1. The summed E-state index contributed by atoms with van der Waals surface area (Å²) in [5.41, 5.74) is 14.0. The Balaban J connectivity index is 1.27. The summed E-state index contributed by atoms with van der Waals surface area (Å²) in [6, 6.07) is 58.8. The number of para-hydroxylation sites is 2. The van der Waals surface area contributed by atoms with Crippen molar-refractivity contribution in [1.29, 1.82) is 0 Å². The molecule has 0 fully saturated rings. The van der Waals surface area contributed by atoms with Gasteiger partial charge in [0.05, 0.1) is 38.8 Å². The van der Waals surface area contributed by atoms with Crippen LogP contribution in [0.3, 0.4) is 0 Å². The number of benzene rings is 8. The summed E-state index contributed by atoms with van der Waals surface area (Å²) in [6.45, 7) is 13.9. The Labute approximate surface area is 353 Å². The zero-order chi connectivity index (χ0) is 41.1. The van der Waals surface area contributed by atoms with Crippen molar-refractivity contribution in [1.82, 2.24) is 13.8 Å². The molecule has 5 aromatic heterocycles. The Morgan fingerprint density at radius 1 is 0.410 bits per heavy atom. The predicted molar refractivity (Wildman–Crippen MR) is 261 cm³/mol. The van der Waals surface area contributed by atoms with Crippen LogP contribution in [0.2, 0.25) is 0 Å². The average Bonchev–Trinajstić information content (AvgIpc) is 3.98. The van der Waals surface area contributed by atoms with Crippen molar-refractivity contribution in [3.05, 3.63) is 169 Å². The molecule has 0 amide bonds. The van der Waals surface area contributed by atoms with Crippen LogP contribution in [0, 0.1) is 0 Å². The third-order valence-corrected chi connectivity index (χ3v) is 13.6. The molecule has 13 aromatic rings. The summed E-state index contributed by atoms with van der Waals surface area (Å²) in [5.74, 6) is 0. The van der Waals surface area contributed by atoms with Gasteiger partial charge < -0.3 is 9.30 Å². The van der Waals surface area contributed by atoms with Crippen LogP contribution in [0.5, 0.6) is 0 Å². The Bertz CT molecular complexity index is 3890. The SMILES string of the molecule is CC(C)(C)c1ccc2c(c1)c1c3ccccc3cc3c4nc5c(cc4n2c31)c1cc2ccccc2c2c3cc(C(C)(C)C)cc(N(c4ccccc4)c4ccccc4)c3n5c12. The first-order valence-corrected chi connectivity index (χ1v) is 21.6. The summed E-state index contributed by atoms with van der Waals surface area (Å²) in [7, 11) is 0. The van der Waals surface area contributed by atoms with Crippen molar-refractivity contribution < 1.29 is 0 Å². The van der Waals surface area contributed by atoms with Crippen LogP contribution < -0.4 is 4.90 Å². The van der Waals surface area contributed by atoms with E-state index < -0.39 is 0 Å². The molecule has 0 saturated carbocycles. The fourth-order valence-corrected chi connectivity index (χ4v) is 10.6. The molecule has 13 rings (SSSR count). The van der Waals surface area contributed by atoms with Gasteiger partial charge in [0.1, 0.15) is 5.65 Å². The molecule has 292 valence electrons. The first-order valence-electron chi connectivity index (χ1n) is 21.6. The maximum absolute atomic E-state index is 5.91. The maximum atomic E-state index is 5.91. The topological polar surface area (TPSA) is 24.9 Å². The van der Waals surface area contributed by atoms with Gasteiger partial charge >= 0.3 is 0 Å². The van der Waals surface area contributed by atoms with Crippen molar-refractivity contribution in [3.8, 4) is 0 Å². The fraction of sp³-hybridized carbons (Fsp3) is 0.140. The molecule has 0 aliphatic heterocycles. The molecule has 0 radical (unpaired) electrons. The predicted octanol–water partition coefficient (Wildman–Crippen LogP) is 15.8. The molecule has 0 atom stereocenters. The van der Waals surface area contributed by atoms with E-state index in [1.54, 1.807) is 0 Å². The average molecular weight is 785 g/mol. The number of hydrogen-bond acceptors (Lipinski definition) is 2. The molecule has 4 heteroatoms. The zero-order valence-corrected chi connectivity index (χ0v) is 35.3. The van der Waals surface area contributed by atoms with Gasteiger partial charge in [-0.25, -0.2) is 4.98 Å². The van der Waals surface area contributed by atoms with E-state index in [-0.39, 0.29) is 10.8 Å². The zero-order valence-electron chi connectivity index (χ0n) is 35.3. The van der Waals surface area contributed by atoms with Gasteiger partial charge in [-0.3, -0.25) is 4.40 Å². The molecule has 0 N–H and O–H groups in total. The number of nitrogens with zero attached hydrogens (tertiary/aromatic N) is 4. The molecule has 0 saturated heterocycles. The first kappa shape index (κ1) is 34.7. The summed E-state index contributed by atoms with van der Waals surface area (Å²) >= 11 is 0. The molecular weight excluding hydrogens is 741 g/mol. The lowest BCUT2D eigenvalue weighted by molar-refractivity contribution is 0.591. The minimum absolute atomic E-state index is 0.0290. The fourth-order valence-electron chi connectivity index (χ4n) is 10.6. The van der Waals surface area contributed by atoms with E-state index in [0.29, 0.717) is 0 Å². The van der Waals surface area contributed by atoms with Gasteiger partial charge in [0, 0.05) is 49.1 Å². The molecule has 8 aromatic carbocycles. The lowest BCUT2D eigenvalue weighted by Crippen LogP contribution is -2.15. The highest BCUT2D eigenvalue weighted by Gasteiger charge is 2.30. The quantitative estimate of drug-likeness (QED) is 0.178. The van der Waals surface area contributed by atoms with E-state index in [1.807, 2.05) is 0 Å². The van der Waals surface area contributed by atoms with Crippen LogP contribution in [0.1, 0.15) is 52.7 Å². The van der Waals surface area contributed by atoms with E-state index in [1.165, 1.54) is 92.4 Å². The Morgan fingerprint density at radius 2 is 0.967 bits per heavy atom. The maximum Gasteiger partial charge on any atom is 0.146 e. The van der Waals surface area contributed by atoms with Crippen LogP contribution >= 0.6 is 0 Å². The van der Waals surface area contributed by atoms with Crippen LogP contribution in [0.25, 0.3) is 98.0 Å². The smallest absolute Gasteiger partial charge is 0.146 e. The van der Waals surface area contributed by atoms with Crippen molar-refractivity contribution in [2.24, 2.45) is 0 Å². The van der Waals surface area contributed by atoms with Gasteiger partial charge in [0.15, 0.2) is 0 Å². The monoisotopic (exact) mass is 784 g/mol. The van der Waals surface area contributed by atoms with E-state index in [4.69, 9.17) is 4.98 Å². The molecule has 0 bridgehead atoms. The van der Waals surface area contributed by atoms with Gasteiger partial charge in [0.25, 0.3) is 0 Å². The second-order valence-electron chi connectivity index (χ2n) is 19.3.